The Morgan fingerprint density at radius 2 is 1.78 bits per heavy atom. The Balaban J connectivity index is 2.40. The predicted octanol–water partition coefficient (Wildman–Crippen LogP) is 2.62. The van der Waals surface area contributed by atoms with Crippen LogP contribution < -0.4 is 0 Å². The lowest BCUT2D eigenvalue weighted by molar-refractivity contribution is -0.148. The minimum absolute atomic E-state index is 0.0482. The van der Waals surface area contributed by atoms with Gasteiger partial charge in [-0.1, -0.05) is 44.2 Å². The van der Waals surface area contributed by atoms with E-state index in [1.165, 1.54) is 0 Å². The molecule has 0 saturated heterocycles. The topological polar surface area (TPSA) is 63.6 Å². The van der Waals surface area contributed by atoms with Crippen LogP contribution in [-0.4, -0.2) is 17.0 Å². The van der Waals surface area contributed by atoms with Crippen molar-refractivity contribution in [3.05, 3.63) is 35.9 Å². The molecule has 0 aliphatic heterocycles. The van der Waals surface area contributed by atoms with E-state index < -0.39 is 11.4 Å². The Hall–Kier alpha value is -1.84. The zero-order valence-electron chi connectivity index (χ0n) is 10.7. The molecule has 1 rings (SSSR count). The van der Waals surface area contributed by atoms with Crippen LogP contribution in [0.25, 0.3) is 0 Å². The van der Waals surface area contributed by atoms with Gasteiger partial charge in [-0.2, -0.15) is 0 Å². The number of aliphatic carboxylic acids is 1. The summed E-state index contributed by atoms with van der Waals surface area (Å²) in [6, 6.07) is 9.38. The summed E-state index contributed by atoms with van der Waals surface area (Å²) in [5, 5.41) is 8.72. The second kappa shape index (κ2) is 6.19. The molecule has 0 heterocycles. The zero-order valence-corrected chi connectivity index (χ0v) is 10.7. The summed E-state index contributed by atoms with van der Waals surface area (Å²) in [6.07, 6.45) is 0.0551. The van der Waals surface area contributed by atoms with Crippen LogP contribution >= 0.6 is 0 Å². The number of hydrogen-bond donors (Lipinski definition) is 1. The molecule has 0 atom stereocenters. The van der Waals surface area contributed by atoms with Gasteiger partial charge in [-0.25, -0.2) is 0 Å². The highest BCUT2D eigenvalue weighted by Gasteiger charge is 2.25. The summed E-state index contributed by atoms with van der Waals surface area (Å²) in [6.45, 7) is 3.71. The molecule has 0 fully saturated rings. The summed E-state index contributed by atoms with van der Waals surface area (Å²) in [5.74, 6) is -1.28. The first-order valence-electron chi connectivity index (χ1n) is 5.80. The predicted molar refractivity (Wildman–Crippen MR) is 66.9 cm³/mol. The highest BCUT2D eigenvalue weighted by atomic mass is 16.5. The third-order valence-corrected chi connectivity index (χ3v) is 2.50. The lowest BCUT2D eigenvalue weighted by Crippen LogP contribution is -2.22. The van der Waals surface area contributed by atoms with Crippen molar-refractivity contribution in [2.45, 2.75) is 33.3 Å². The van der Waals surface area contributed by atoms with Gasteiger partial charge in [-0.15, -0.1) is 0 Å². The smallest absolute Gasteiger partial charge is 0.306 e. The van der Waals surface area contributed by atoms with Crippen LogP contribution in [0, 0.1) is 5.41 Å². The van der Waals surface area contributed by atoms with E-state index >= 15 is 0 Å². The normalized spacial score (nSPS) is 11.0. The summed E-state index contributed by atoms with van der Waals surface area (Å²) in [7, 11) is 0. The summed E-state index contributed by atoms with van der Waals surface area (Å²) in [4.78, 5) is 22.2. The quantitative estimate of drug-likeness (QED) is 0.788. The molecule has 4 heteroatoms. The minimum atomic E-state index is -0.907. The average Bonchev–Trinajstić information content (AvgIpc) is 2.25. The van der Waals surface area contributed by atoms with Crippen LogP contribution in [0.2, 0.25) is 0 Å². The Bertz CT molecular complexity index is 409. The van der Waals surface area contributed by atoms with E-state index in [1.807, 2.05) is 30.3 Å². The molecule has 0 amide bonds. The Kier molecular flexibility index (Phi) is 4.89. The van der Waals surface area contributed by atoms with Crippen LogP contribution in [0.15, 0.2) is 30.3 Å². The number of carboxylic acids is 1. The maximum Gasteiger partial charge on any atom is 0.306 e. The van der Waals surface area contributed by atoms with Crippen molar-refractivity contribution in [3.63, 3.8) is 0 Å². The second-order valence-corrected chi connectivity index (χ2v) is 5.06. The Morgan fingerprint density at radius 3 is 2.33 bits per heavy atom. The molecule has 98 valence electrons. The first-order valence-corrected chi connectivity index (χ1v) is 5.80. The molecule has 0 saturated carbocycles. The zero-order chi connectivity index (χ0) is 13.6. The number of carboxylic acid groups (broad SMARTS) is 1. The van der Waals surface area contributed by atoms with Crippen molar-refractivity contribution >= 4 is 11.9 Å². The summed E-state index contributed by atoms with van der Waals surface area (Å²) >= 11 is 0. The van der Waals surface area contributed by atoms with E-state index in [2.05, 4.69) is 0 Å². The number of benzene rings is 1. The summed E-state index contributed by atoms with van der Waals surface area (Å²) in [5.41, 5.74) is 0.335. The number of carbonyl (C=O) groups is 2. The SMILES string of the molecule is CC(C)(CC(=O)O)CC(=O)OCc1ccccc1. The first kappa shape index (κ1) is 14.2. The van der Waals surface area contributed by atoms with Crippen molar-refractivity contribution in [1.29, 1.82) is 0 Å². The molecule has 1 aromatic rings. The van der Waals surface area contributed by atoms with E-state index in [4.69, 9.17) is 9.84 Å². The molecule has 1 N–H and O–H groups in total. The maximum atomic E-state index is 11.6. The molecule has 0 spiro atoms. The number of ether oxygens (including phenoxy) is 1. The van der Waals surface area contributed by atoms with Crippen molar-refractivity contribution in [2.24, 2.45) is 5.41 Å². The summed E-state index contributed by atoms with van der Waals surface area (Å²) < 4.78 is 5.11. The van der Waals surface area contributed by atoms with Gasteiger partial charge in [0.25, 0.3) is 0 Å². The van der Waals surface area contributed by atoms with Gasteiger partial charge in [-0.3, -0.25) is 9.59 Å². The second-order valence-electron chi connectivity index (χ2n) is 5.06. The van der Waals surface area contributed by atoms with E-state index in [1.54, 1.807) is 13.8 Å². The number of esters is 1. The average molecular weight is 250 g/mol. The van der Waals surface area contributed by atoms with Gasteiger partial charge in [-0.05, 0) is 11.0 Å². The third kappa shape index (κ3) is 5.48. The van der Waals surface area contributed by atoms with Crippen LogP contribution in [0.1, 0.15) is 32.3 Å². The van der Waals surface area contributed by atoms with Crippen molar-refractivity contribution < 1.29 is 19.4 Å². The largest absolute Gasteiger partial charge is 0.481 e. The van der Waals surface area contributed by atoms with Gasteiger partial charge in [0, 0.05) is 0 Å². The third-order valence-electron chi connectivity index (χ3n) is 2.50. The molecular formula is C14H18O4. The number of rotatable bonds is 6. The van der Waals surface area contributed by atoms with Crippen molar-refractivity contribution in [1.82, 2.24) is 0 Å². The van der Waals surface area contributed by atoms with E-state index in [9.17, 15) is 9.59 Å². The standard InChI is InChI=1S/C14H18O4/c1-14(2,8-12(15)16)9-13(17)18-10-11-6-4-3-5-7-11/h3-7H,8-10H2,1-2H3,(H,15,16). The van der Waals surface area contributed by atoms with Crippen LogP contribution in [0.3, 0.4) is 0 Å². The molecule has 1 aromatic carbocycles. The van der Waals surface area contributed by atoms with Crippen LogP contribution in [0.4, 0.5) is 0 Å². The highest BCUT2D eigenvalue weighted by molar-refractivity contribution is 5.73. The Labute approximate surface area is 107 Å². The molecule has 0 unspecified atom stereocenters. The lowest BCUT2D eigenvalue weighted by Gasteiger charge is -2.20. The fraction of sp³-hybridized carbons (Fsp3) is 0.429. The number of carbonyl (C=O) groups excluding carboxylic acids is 1. The van der Waals surface area contributed by atoms with E-state index in [0.29, 0.717) is 0 Å². The van der Waals surface area contributed by atoms with Gasteiger partial charge in [0.05, 0.1) is 12.8 Å². The van der Waals surface area contributed by atoms with E-state index in [-0.39, 0.29) is 25.4 Å². The fourth-order valence-corrected chi connectivity index (χ4v) is 1.65. The van der Waals surface area contributed by atoms with E-state index in [0.717, 1.165) is 5.56 Å². The molecule has 0 aromatic heterocycles. The maximum absolute atomic E-state index is 11.6. The highest BCUT2D eigenvalue weighted by Crippen LogP contribution is 2.25. The van der Waals surface area contributed by atoms with Gasteiger partial charge in [0.2, 0.25) is 0 Å². The van der Waals surface area contributed by atoms with Crippen molar-refractivity contribution in [2.75, 3.05) is 0 Å². The van der Waals surface area contributed by atoms with Crippen LogP contribution in [-0.2, 0) is 20.9 Å². The van der Waals surface area contributed by atoms with Gasteiger partial charge in [0.15, 0.2) is 0 Å². The molecule has 18 heavy (non-hydrogen) atoms. The lowest BCUT2D eigenvalue weighted by atomic mass is 9.86. The minimum Gasteiger partial charge on any atom is -0.481 e. The molecule has 0 bridgehead atoms. The Morgan fingerprint density at radius 1 is 1.17 bits per heavy atom. The molecule has 4 nitrogen and oxygen atoms in total. The van der Waals surface area contributed by atoms with Gasteiger partial charge >= 0.3 is 11.9 Å². The molecular weight excluding hydrogens is 232 g/mol. The monoisotopic (exact) mass is 250 g/mol. The molecule has 0 aliphatic carbocycles. The number of hydrogen-bond acceptors (Lipinski definition) is 3. The van der Waals surface area contributed by atoms with Gasteiger partial charge < -0.3 is 9.84 Å². The van der Waals surface area contributed by atoms with Gasteiger partial charge in [0.1, 0.15) is 6.61 Å². The van der Waals surface area contributed by atoms with Crippen LogP contribution in [0.5, 0.6) is 0 Å². The first-order chi connectivity index (χ1) is 8.39. The molecule has 0 radical (unpaired) electrons. The fourth-order valence-electron chi connectivity index (χ4n) is 1.65. The molecule has 0 aliphatic rings. The van der Waals surface area contributed by atoms with Crippen molar-refractivity contribution in [3.8, 4) is 0 Å².